The molecule has 0 aliphatic heterocycles. The van der Waals surface area contributed by atoms with Gasteiger partial charge >= 0.3 is 6.18 Å². The standard InChI is InChI=1S/C14H14F3NO/c1-10(13-7-4-8-19-13)18-9-11-5-2-3-6-12(11)14(15,16)17/h2-8,10,18H,9H2,1H3/t10-/m0/s1. The van der Waals surface area contributed by atoms with Gasteiger partial charge in [0.2, 0.25) is 0 Å². The fraction of sp³-hybridized carbons (Fsp3) is 0.286. The Morgan fingerprint density at radius 1 is 1.16 bits per heavy atom. The first-order valence-corrected chi connectivity index (χ1v) is 5.90. The van der Waals surface area contributed by atoms with Crippen molar-refractivity contribution in [1.82, 2.24) is 5.32 Å². The molecule has 1 atom stereocenters. The van der Waals surface area contributed by atoms with Gasteiger partial charge in [-0.05, 0) is 30.7 Å². The first-order chi connectivity index (χ1) is 8.98. The van der Waals surface area contributed by atoms with Crippen LogP contribution >= 0.6 is 0 Å². The van der Waals surface area contributed by atoms with Crippen LogP contribution in [-0.4, -0.2) is 0 Å². The minimum Gasteiger partial charge on any atom is -0.468 e. The summed E-state index contributed by atoms with van der Waals surface area (Å²) in [5.74, 6) is 0.699. The summed E-state index contributed by atoms with van der Waals surface area (Å²) in [5.41, 5.74) is -0.373. The van der Waals surface area contributed by atoms with E-state index in [1.807, 2.05) is 6.92 Å². The molecule has 1 aromatic heterocycles. The van der Waals surface area contributed by atoms with E-state index in [9.17, 15) is 13.2 Å². The average Bonchev–Trinajstić information content (AvgIpc) is 2.89. The van der Waals surface area contributed by atoms with E-state index in [1.165, 1.54) is 18.4 Å². The second kappa shape index (κ2) is 5.48. The molecule has 0 aliphatic rings. The number of halogens is 3. The molecule has 0 aliphatic carbocycles. The maximum atomic E-state index is 12.8. The van der Waals surface area contributed by atoms with Crippen LogP contribution in [0.4, 0.5) is 13.2 Å². The van der Waals surface area contributed by atoms with Crippen molar-refractivity contribution in [1.29, 1.82) is 0 Å². The van der Waals surface area contributed by atoms with E-state index in [4.69, 9.17) is 4.42 Å². The predicted octanol–water partition coefficient (Wildman–Crippen LogP) is 4.15. The molecule has 0 fully saturated rings. The van der Waals surface area contributed by atoms with E-state index < -0.39 is 11.7 Å². The SMILES string of the molecule is C[C@H](NCc1ccccc1C(F)(F)F)c1ccco1. The smallest absolute Gasteiger partial charge is 0.416 e. The minimum atomic E-state index is -4.33. The number of furan rings is 1. The number of benzene rings is 1. The highest BCUT2D eigenvalue weighted by molar-refractivity contribution is 5.29. The van der Waals surface area contributed by atoms with Gasteiger partial charge < -0.3 is 9.73 Å². The Morgan fingerprint density at radius 3 is 2.53 bits per heavy atom. The molecule has 102 valence electrons. The lowest BCUT2D eigenvalue weighted by molar-refractivity contribution is -0.138. The van der Waals surface area contributed by atoms with Crippen molar-refractivity contribution in [3.63, 3.8) is 0 Å². The average molecular weight is 269 g/mol. The normalized spacial score (nSPS) is 13.5. The van der Waals surface area contributed by atoms with Gasteiger partial charge in [-0.15, -0.1) is 0 Å². The monoisotopic (exact) mass is 269 g/mol. The lowest BCUT2D eigenvalue weighted by atomic mass is 10.1. The molecular formula is C14H14F3NO. The number of rotatable bonds is 4. The van der Waals surface area contributed by atoms with E-state index in [1.54, 1.807) is 18.2 Å². The fourth-order valence-electron chi connectivity index (χ4n) is 1.85. The van der Waals surface area contributed by atoms with Gasteiger partial charge in [0.05, 0.1) is 17.9 Å². The molecule has 1 N–H and O–H groups in total. The summed E-state index contributed by atoms with van der Waals surface area (Å²) in [5, 5.41) is 3.02. The van der Waals surface area contributed by atoms with Crippen LogP contribution in [0.1, 0.15) is 29.9 Å². The van der Waals surface area contributed by atoms with Crippen molar-refractivity contribution < 1.29 is 17.6 Å². The van der Waals surface area contributed by atoms with Gasteiger partial charge in [0.25, 0.3) is 0 Å². The second-order valence-electron chi connectivity index (χ2n) is 4.27. The van der Waals surface area contributed by atoms with Crippen molar-refractivity contribution >= 4 is 0 Å². The van der Waals surface area contributed by atoms with Crippen molar-refractivity contribution in [2.24, 2.45) is 0 Å². The topological polar surface area (TPSA) is 25.2 Å². The van der Waals surface area contributed by atoms with Gasteiger partial charge in [-0.25, -0.2) is 0 Å². The van der Waals surface area contributed by atoms with Gasteiger partial charge in [-0.3, -0.25) is 0 Å². The lowest BCUT2D eigenvalue weighted by Crippen LogP contribution is -2.20. The molecule has 0 unspecified atom stereocenters. The van der Waals surface area contributed by atoms with Crippen LogP contribution in [0.2, 0.25) is 0 Å². The molecule has 19 heavy (non-hydrogen) atoms. The highest BCUT2D eigenvalue weighted by Crippen LogP contribution is 2.32. The number of hydrogen-bond acceptors (Lipinski definition) is 2. The fourth-order valence-corrected chi connectivity index (χ4v) is 1.85. The molecule has 2 aromatic rings. The molecule has 0 amide bonds. The Kier molecular flexibility index (Phi) is 3.95. The number of alkyl halides is 3. The third kappa shape index (κ3) is 3.38. The summed E-state index contributed by atoms with van der Waals surface area (Å²) in [6.45, 7) is 1.98. The minimum absolute atomic E-state index is 0.136. The van der Waals surface area contributed by atoms with Gasteiger partial charge in [0, 0.05) is 6.54 Å². The van der Waals surface area contributed by atoms with Crippen LogP contribution in [0.25, 0.3) is 0 Å². The quantitative estimate of drug-likeness (QED) is 0.902. The molecule has 1 heterocycles. The summed E-state index contributed by atoms with van der Waals surface area (Å²) < 4.78 is 43.6. The van der Waals surface area contributed by atoms with E-state index >= 15 is 0 Å². The molecule has 0 spiro atoms. The third-order valence-corrected chi connectivity index (χ3v) is 2.89. The van der Waals surface area contributed by atoms with Gasteiger partial charge in [-0.2, -0.15) is 13.2 Å². The number of nitrogens with one attached hydrogen (secondary N) is 1. The van der Waals surface area contributed by atoms with Crippen LogP contribution in [0.5, 0.6) is 0 Å². The van der Waals surface area contributed by atoms with Gasteiger partial charge in [0.15, 0.2) is 0 Å². The zero-order chi connectivity index (χ0) is 13.9. The van der Waals surface area contributed by atoms with E-state index in [2.05, 4.69) is 5.32 Å². The van der Waals surface area contributed by atoms with Crippen molar-refractivity contribution in [2.45, 2.75) is 25.7 Å². The third-order valence-electron chi connectivity index (χ3n) is 2.89. The highest BCUT2D eigenvalue weighted by Gasteiger charge is 2.32. The summed E-state index contributed by atoms with van der Waals surface area (Å²) >= 11 is 0. The molecular weight excluding hydrogens is 255 g/mol. The van der Waals surface area contributed by atoms with Crippen molar-refractivity contribution in [2.75, 3.05) is 0 Å². The second-order valence-corrected chi connectivity index (χ2v) is 4.27. The molecule has 1 aromatic carbocycles. The molecule has 0 saturated carbocycles. The van der Waals surface area contributed by atoms with Gasteiger partial charge in [-0.1, -0.05) is 18.2 Å². The van der Waals surface area contributed by atoms with Crippen molar-refractivity contribution in [3.05, 3.63) is 59.5 Å². The number of hydrogen-bond donors (Lipinski definition) is 1. The molecule has 2 rings (SSSR count). The van der Waals surface area contributed by atoms with Crippen LogP contribution in [0, 0.1) is 0 Å². The zero-order valence-electron chi connectivity index (χ0n) is 10.4. The Labute approximate surface area is 109 Å². The van der Waals surface area contributed by atoms with Crippen LogP contribution < -0.4 is 5.32 Å². The molecule has 0 saturated heterocycles. The lowest BCUT2D eigenvalue weighted by Gasteiger charge is -2.15. The highest BCUT2D eigenvalue weighted by atomic mass is 19.4. The Morgan fingerprint density at radius 2 is 1.89 bits per heavy atom. The van der Waals surface area contributed by atoms with Crippen LogP contribution in [0.15, 0.2) is 47.1 Å². The maximum absolute atomic E-state index is 12.8. The summed E-state index contributed by atoms with van der Waals surface area (Å²) in [6, 6.07) is 8.95. The molecule has 0 bridgehead atoms. The molecule has 5 heteroatoms. The Bertz CT molecular complexity index is 520. The summed E-state index contributed by atoms with van der Waals surface area (Å²) in [6.07, 6.45) is -2.79. The molecule has 2 nitrogen and oxygen atoms in total. The predicted molar refractivity (Wildman–Crippen MR) is 65.4 cm³/mol. The van der Waals surface area contributed by atoms with E-state index in [-0.39, 0.29) is 18.2 Å². The van der Waals surface area contributed by atoms with Crippen LogP contribution in [-0.2, 0) is 12.7 Å². The summed E-state index contributed by atoms with van der Waals surface area (Å²) in [4.78, 5) is 0. The van der Waals surface area contributed by atoms with Crippen LogP contribution in [0.3, 0.4) is 0 Å². The van der Waals surface area contributed by atoms with E-state index in [0.717, 1.165) is 6.07 Å². The van der Waals surface area contributed by atoms with Gasteiger partial charge in [0.1, 0.15) is 5.76 Å². The van der Waals surface area contributed by atoms with E-state index in [0.29, 0.717) is 5.76 Å². The largest absolute Gasteiger partial charge is 0.468 e. The van der Waals surface area contributed by atoms with Crippen molar-refractivity contribution in [3.8, 4) is 0 Å². The first-order valence-electron chi connectivity index (χ1n) is 5.90. The zero-order valence-corrected chi connectivity index (χ0v) is 10.4. The Hall–Kier alpha value is -1.75. The molecule has 0 radical (unpaired) electrons. The Balaban J connectivity index is 2.08. The maximum Gasteiger partial charge on any atom is 0.416 e. The first kappa shape index (κ1) is 13.7. The summed E-state index contributed by atoms with van der Waals surface area (Å²) in [7, 11) is 0.